The second-order valence-corrected chi connectivity index (χ2v) is 5.81. The zero-order valence-corrected chi connectivity index (χ0v) is 11.0. The van der Waals surface area contributed by atoms with Gasteiger partial charge in [0.05, 0.1) is 0 Å². The molecule has 0 aliphatic carbocycles. The Morgan fingerprint density at radius 2 is 2.19 bits per heavy atom. The zero-order chi connectivity index (χ0) is 11.4. The molecule has 1 saturated heterocycles. The van der Waals surface area contributed by atoms with Gasteiger partial charge < -0.3 is 5.32 Å². The fourth-order valence-corrected chi connectivity index (χ4v) is 3.47. The maximum Gasteiger partial charge on any atom is 0.0297 e. The SMILES string of the molecule is Cc1ccccc1C(C)NC1CCCSC1. The van der Waals surface area contributed by atoms with Crippen LogP contribution < -0.4 is 5.32 Å². The molecule has 2 atom stereocenters. The topological polar surface area (TPSA) is 12.0 Å². The van der Waals surface area contributed by atoms with E-state index in [1.165, 1.54) is 35.5 Å². The molecule has 88 valence electrons. The summed E-state index contributed by atoms with van der Waals surface area (Å²) in [5.41, 5.74) is 2.84. The molecule has 0 saturated carbocycles. The smallest absolute Gasteiger partial charge is 0.0297 e. The highest BCUT2D eigenvalue weighted by molar-refractivity contribution is 7.99. The molecule has 2 rings (SSSR count). The van der Waals surface area contributed by atoms with Gasteiger partial charge in [0.1, 0.15) is 0 Å². The third-order valence-corrected chi connectivity index (χ3v) is 4.52. The maximum atomic E-state index is 3.76. The van der Waals surface area contributed by atoms with Gasteiger partial charge in [0.2, 0.25) is 0 Å². The lowest BCUT2D eigenvalue weighted by atomic mass is 10.0. The molecule has 1 heterocycles. The highest BCUT2D eigenvalue weighted by atomic mass is 32.2. The monoisotopic (exact) mass is 235 g/mol. The van der Waals surface area contributed by atoms with Gasteiger partial charge in [0, 0.05) is 17.8 Å². The van der Waals surface area contributed by atoms with Gasteiger partial charge in [-0.15, -0.1) is 0 Å². The van der Waals surface area contributed by atoms with Crippen LogP contribution in [0.25, 0.3) is 0 Å². The molecular weight excluding hydrogens is 214 g/mol. The minimum absolute atomic E-state index is 0.477. The molecule has 1 aliphatic heterocycles. The van der Waals surface area contributed by atoms with Crippen molar-refractivity contribution in [1.82, 2.24) is 5.32 Å². The van der Waals surface area contributed by atoms with Crippen molar-refractivity contribution < 1.29 is 0 Å². The standard InChI is InChI=1S/C14H21NS/c1-11-6-3-4-8-14(11)12(2)15-13-7-5-9-16-10-13/h3-4,6,8,12-13,15H,5,7,9-10H2,1-2H3. The number of thioether (sulfide) groups is 1. The van der Waals surface area contributed by atoms with Gasteiger partial charge in [-0.2, -0.15) is 11.8 Å². The van der Waals surface area contributed by atoms with Gasteiger partial charge in [-0.25, -0.2) is 0 Å². The van der Waals surface area contributed by atoms with Gasteiger partial charge in [-0.3, -0.25) is 0 Å². The Hall–Kier alpha value is -0.470. The van der Waals surface area contributed by atoms with Gasteiger partial charge in [0.25, 0.3) is 0 Å². The molecule has 16 heavy (non-hydrogen) atoms. The van der Waals surface area contributed by atoms with E-state index >= 15 is 0 Å². The van der Waals surface area contributed by atoms with E-state index in [2.05, 4.69) is 55.2 Å². The second-order valence-electron chi connectivity index (χ2n) is 4.66. The number of rotatable bonds is 3. The van der Waals surface area contributed by atoms with Gasteiger partial charge >= 0.3 is 0 Å². The van der Waals surface area contributed by atoms with Crippen LogP contribution in [-0.2, 0) is 0 Å². The zero-order valence-electron chi connectivity index (χ0n) is 10.2. The summed E-state index contributed by atoms with van der Waals surface area (Å²) < 4.78 is 0. The van der Waals surface area contributed by atoms with Gasteiger partial charge in [0.15, 0.2) is 0 Å². The second kappa shape index (κ2) is 5.74. The third-order valence-electron chi connectivity index (χ3n) is 3.30. The Bertz CT molecular complexity index is 331. The van der Waals surface area contributed by atoms with E-state index in [0.717, 1.165) is 0 Å². The predicted octanol–water partition coefficient (Wildman–Crippen LogP) is 3.54. The van der Waals surface area contributed by atoms with E-state index in [-0.39, 0.29) is 0 Å². The Morgan fingerprint density at radius 3 is 2.88 bits per heavy atom. The normalized spacial score (nSPS) is 23.0. The Morgan fingerprint density at radius 1 is 1.38 bits per heavy atom. The lowest BCUT2D eigenvalue weighted by molar-refractivity contribution is 0.452. The summed E-state index contributed by atoms with van der Waals surface area (Å²) in [6.07, 6.45) is 2.70. The molecule has 1 fully saturated rings. The van der Waals surface area contributed by atoms with Crippen LogP contribution in [-0.4, -0.2) is 17.5 Å². The number of nitrogens with one attached hydrogen (secondary N) is 1. The van der Waals surface area contributed by atoms with Crippen molar-refractivity contribution in [2.24, 2.45) is 0 Å². The van der Waals surface area contributed by atoms with Gasteiger partial charge in [-0.05, 0) is 43.6 Å². The van der Waals surface area contributed by atoms with Crippen LogP contribution in [0.15, 0.2) is 24.3 Å². The Labute approximate surface area is 103 Å². The molecule has 2 unspecified atom stereocenters. The molecule has 1 N–H and O–H groups in total. The van der Waals surface area contributed by atoms with E-state index in [1.807, 2.05) is 0 Å². The van der Waals surface area contributed by atoms with Gasteiger partial charge in [-0.1, -0.05) is 24.3 Å². The van der Waals surface area contributed by atoms with E-state index in [4.69, 9.17) is 0 Å². The first-order chi connectivity index (χ1) is 7.77. The van der Waals surface area contributed by atoms with Crippen molar-refractivity contribution in [3.63, 3.8) is 0 Å². The van der Waals surface area contributed by atoms with Crippen molar-refractivity contribution in [3.8, 4) is 0 Å². The molecule has 0 aromatic heterocycles. The van der Waals surface area contributed by atoms with Crippen LogP contribution in [0.1, 0.15) is 36.9 Å². The van der Waals surface area contributed by atoms with Crippen LogP contribution in [0.2, 0.25) is 0 Å². The average Bonchev–Trinajstić information content (AvgIpc) is 2.31. The Kier molecular flexibility index (Phi) is 4.30. The molecule has 1 nitrogen and oxygen atoms in total. The highest BCUT2D eigenvalue weighted by Crippen LogP contribution is 2.22. The van der Waals surface area contributed by atoms with E-state index in [1.54, 1.807) is 0 Å². The minimum atomic E-state index is 0.477. The maximum absolute atomic E-state index is 3.76. The number of aryl methyl sites for hydroxylation is 1. The minimum Gasteiger partial charge on any atom is -0.307 e. The fraction of sp³-hybridized carbons (Fsp3) is 0.571. The molecule has 0 amide bonds. The molecule has 1 aliphatic rings. The quantitative estimate of drug-likeness (QED) is 0.860. The lowest BCUT2D eigenvalue weighted by Gasteiger charge is -2.27. The first-order valence-corrected chi connectivity index (χ1v) is 7.32. The van der Waals surface area contributed by atoms with Crippen LogP contribution in [0.4, 0.5) is 0 Å². The molecule has 1 aromatic carbocycles. The number of hydrogen-bond donors (Lipinski definition) is 1. The molecule has 0 spiro atoms. The summed E-state index contributed by atoms with van der Waals surface area (Å²) >= 11 is 2.08. The fourth-order valence-electron chi connectivity index (χ4n) is 2.39. The first kappa shape index (κ1) is 12.0. The number of hydrogen-bond acceptors (Lipinski definition) is 2. The first-order valence-electron chi connectivity index (χ1n) is 6.16. The van der Waals surface area contributed by atoms with Crippen molar-refractivity contribution in [2.45, 2.75) is 38.8 Å². The van der Waals surface area contributed by atoms with E-state index in [0.29, 0.717) is 12.1 Å². The highest BCUT2D eigenvalue weighted by Gasteiger charge is 2.17. The summed E-state index contributed by atoms with van der Waals surface area (Å²) in [7, 11) is 0. The van der Waals surface area contributed by atoms with Crippen LogP contribution in [0.5, 0.6) is 0 Å². The van der Waals surface area contributed by atoms with Crippen molar-refractivity contribution in [2.75, 3.05) is 11.5 Å². The van der Waals surface area contributed by atoms with Crippen molar-refractivity contribution in [3.05, 3.63) is 35.4 Å². The molecule has 2 heteroatoms. The summed E-state index contributed by atoms with van der Waals surface area (Å²) in [6.45, 7) is 4.48. The largest absolute Gasteiger partial charge is 0.307 e. The number of benzene rings is 1. The lowest BCUT2D eigenvalue weighted by Crippen LogP contribution is -2.35. The van der Waals surface area contributed by atoms with E-state index in [9.17, 15) is 0 Å². The average molecular weight is 235 g/mol. The van der Waals surface area contributed by atoms with Crippen molar-refractivity contribution >= 4 is 11.8 Å². The summed E-state index contributed by atoms with van der Waals surface area (Å²) in [6, 6.07) is 9.86. The Balaban J connectivity index is 1.96. The third kappa shape index (κ3) is 3.02. The van der Waals surface area contributed by atoms with Crippen LogP contribution in [0, 0.1) is 6.92 Å². The summed E-state index contributed by atoms with van der Waals surface area (Å²) in [4.78, 5) is 0. The molecular formula is C14H21NS. The van der Waals surface area contributed by atoms with Crippen LogP contribution >= 0.6 is 11.8 Å². The predicted molar refractivity (Wildman–Crippen MR) is 73.1 cm³/mol. The molecule has 0 bridgehead atoms. The summed E-state index contributed by atoms with van der Waals surface area (Å²) in [5.74, 6) is 2.62. The molecule has 1 aromatic rings. The van der Waals surface area contributed by atoms with E-state index < -0.39 is 0 Å². The van der Waals surface area contributed by atoms with Crippen LogP contribution in [0.3, 0.4) is 0 Å². The van der Waals surface area contributed by atoms with Crippen molar-refractivity contribution in [1.29, 1.82) is 0 Å². The molecule has 0 radical (unpaired) electrons. The summed E-state index contributed by atoms with van der Waals surface area (Å²) in [5, 5.41) is 3.76.